The van der Waals surface area contributed by atoms with E-state index < -0.39 is 0 Å². The molecule has 0 aliphatic heterocycles. The van der Waals surface area contributed by atoms with Gasteiger partial charge in [-0.3, -0.25) is 14.9 Å². The van der Waals surface area contributed by atoms with Crippen molar-refractivity contribution in [3.8, 4) is 0 Å². The van der Waals surface area contributed by atoms with Crippen molar-refractivity contribution in [1.29, 1.82) is 0 Å². The number of H-pyrrole nitrogens is 1. The molecule has 0 aromatic carbocycles. The summed E-state index contributed by atoms with van der Waals surface area (Å²) in [5.74, 6) is 0.640. The zero-order valence-electron chi connectivity index (χ0n) is 13.8. The van der Waals surface area contributed by atoms with Gasteiger partial charge >= 0.3 is 0 Å². The van der Waals surface area contributed by atoms with Crippen LogP contribution in [-0.2, 0) is 4.79 Å². The maximum absolute atomic E-state index is 12.3. The van der Waals surface area contributed by atoms with E-state index in [4.69, 9.17) is 0 Å². The minimum absolute atomic E-state index is 0.0426. The summed E-state index contributed by atoms with van der Waals surface area (Å²) < 4.78 is 0. The topological polar surface area (TPSA) is 78.1 Å². The van der Waals surface area contributed by atoms with Crippen LogP contribution in [-0.4, -0.2) is 39.9 Å². The van der Waals surface area contributed by atoms with Gasteiger partial charge in [-0.25, -0.2) is 4.98 Å². The average Bonchev–Trinajstić information content (AvgIpc) is 2.38. The predicted molar refractivity (Wildman–Crippen MR) is 83.3 cm³/mol. The lowest BCUT2D eigenvalue weighted by Gasteiger charge is -2.26. The molecule has 2 unspecified atom stereocenters. The molecule has 0 saturated heterocycles. The van der Waals surface area contributed by atoms with Crippen molar-refractivity contribution in [1.82, 2.24) is 20.2 Å². The Kier molecular flexibility index (Phi) is 6.08. The van der Waals surface area contributed by atoms with Crippen LogP contribution in [0.15, 0.2) is 4.79 Å². The van der Waals surface area contributed by atoms with E-state index in [0.717, 1.165) is 0 Å². The van der Waals surface area contributed by atoms with Crippen LogP contribution >= 0.6 is 0 Å². The van der Waals surface area contributed by atoms with Crippen LogP contribution in [0.2, 0.25) is 0 Å². The number of aromatic nitrogens is 2. The highest BCUT2D eigenvalue weighted by molar-refractivity contribution is 5.81. The van der Waals surface area contributed by atoms with Crippen molar-refractivity contribution in [3.05, 3.63) is 27.4 Å². The maximum atomic E-state index is 12.3. The van der Waals surface area contributed by atoms with Gasteiger partial charge in [0.15, 0.2) is 0 Å². The summed E-state index contributed by atoms with van der Waals surface area (Å²) >= 11 is 0. The van der Waals surface area contributed by atoms with Gasteiger partial charge in [0.2, 0.25) is 5.91 Å². The molecule has 2 N–H and O–H groups in total. The quantitative estimate of drug-likeness (QED) is 0.829. The molecule has 0 radical (unpaired) electrons. The highest BCUT2D eigenvalue weighted by Crippen LogP contribution is 2.12. The van der Waals surface area contributed by atoms with E-state index in [-0.39, 0.29) is 23.6 Å². The summed E-state index contributed by atoms with van der Waals surface area (Å²) in [7, 11) is 0. The molecule has 0 spiro atoms. The Hall–Kier alpha value is -1.69. The lowest BCUT2D eigenvalue weighted by molar-refractivity contribution is -0.132. The van der Waals surface area contributed by atoms with Gasteiger partial charge in [0.05, 0.1) is 11.6 Å². The summed E-state index contributed by atoms with van der Waals surface area (Å²) in [4.78, 5) is 33.1. The van der Waals surface area contributed by atoms with Crippen molar-refractivity contribution in [2.24, 2.45) is 0 Å². The third-order valence-electron chi connectivity index (χ3n) is 3.64. The number of aromatic amines is 1. The standard InChI is InChI=1S/C15H26N4O2/c1-7-19(8-2)15(21)11(5)16-9(3)13-10(4)17-12(6)18-14(13)20/h9,11,16H,7-8H2,1-6H3,(H,17,18,20). The SMILES string of the molecule is CCN(CC)C(=O)C(C)NC(C)c1c(C)nc(C)[nH]c1=O. The van der Waals surface area contributed by atoms with Gasteiger partial charge in [0, 0.05) is 24.8 Å². The number of amides is 1. The number of carbonyl (C=O) groups excluding carboxylic acids is 1. The fourth-order valence-corrected chi connectivity index (χ4v) is 2.58. The average molecular weight is 294 g/mol. The zero-order valence-corrected chi connectivity index (χ0v) is 13.8. The Bertz CT molecular complexity index is 549. The number of aryl methyl sites for hydroxylation is 2. The monoisotopic (exact) mass is 294 g/mol. The second-order valence-corrected chi connectivity index (χ2v) is 5.27. The van der Waals surface area contributed by atoms with E-state index in [0.29, 0.717) is 30.2 Å². The Morgan fingerprint density at radius 3 is 2.33 bits per heavy atom. The summed E-state index contributed by atoms with van der Waals surface area (Å²) in [6.45, 7) is 12.5. The van der Waals surface area contributed by atoms with Crippen LogP contribution in [0.5, 0.6) is 0 Å². The summed E-state index contributed by atoms with van der Waals surface area (Å²) in [5, 5.41) is 3.19. The van der Waals surface area contributed by atoms with Crippen LogP contribution in [0, 0.1) is 13.8 Å². The number of rotatable bonds is 6. The second kappa shape index (κ2) is 7.36. The first-order valence-electron chi connectivity index (χ1n) is 7.44. The highest BCUT2D eigenvalue weighted by Gasteiger charge is 2.22. The number of nitrogens with one attached hydrogen (secondary N) is 2. The first kappa shape index (κ1) is 17.4. The first-order chi connectivity index (χ1) is 9.81. The molecule has 0 saturated carbocycles. The number of likely N-dealkylation sites (N-methyl/N-ethyl adjacent to an activating group) is 1. The minimum Gasteiger partial charge on any atom is -0.342 e. The van der Waals surface area contributed by atoms with Gasteiger partial charge in [0.25, 0.3) is 5.56 Å². The molecule has 0 aliphatic rings. The number of hydrogen-bond acceptors (Lipinski definition) is 4. The Morgan fingerprint density at radius 2 is 1.86 bits per heavy atom. The van der Waals surface area contributed by atoms with Crippen LogP contribution in [0.25, 0.3) is 0 Å². The molecule has 118 valence electrons. The number of carbonyl (C=O) groups is 1. The van der Waals surface area contributed by atoms with Gasteiger partial charge in [-0.1, -0.05) is 0 Å². The predicted octanol–water partition coefficient (Wildman–Crippen LogP) is 1.29. The molecule has 0 fully saturated rings. The first-order valence-corrected chi connectivity index (χ1v) is 7.44. The van der Waals surface area contributed by atoms with E-state index in [1.54, 1.807) is 11.8 Å². The fraction of sp³-hybridized carbons (Fsp3) is 0.667. The summed E-state index contributed by atoms with van der Waals surface area (Å²) in [5.41, 5.74) is 1.13. The van der Waals surface area contributed by atoms with Gasteiger partial charge in [0.1, 0.15) is 5.82 Å². The molecule has 1 heterocycles. The zero-order chi connectivity index (χ0) is 16.2. The molecule has 2 atom stereocenters. The minimum atomic E-state index is -0.347. The molecule has 6 nitrogen and oxygen atoms in total. The van der Waals surface area contributed by atoms with Crippen molar-refractivity contribution < 1.29 is 4.79 Å². The van der Waals surface area contributed by atoms with E-state index in [1.807, 2.05) is 34.6 Å². The molecule has 1 aromatic rings. The van der Waals surface area contributed by atoms with E-state index in [9.17, 15) is 9.59 Å². The van der Waals surface area contributed by atoms with Gasteiger partial charge in [-0.05, 0) is 41.5 Å². The molecular weight excluding hydrogens is 268 g/mol. The van der Waals surface area contributed by atoms with E-state index >= 15 is 0 Å². The van der Waals surface area contributed by atoms with Crippen LogP contribution in [0.3, 0.4) is 0 Å². The van der Waals surface area contributed by atoms with Gasteiger partial charge < -0.3 is 9.88 Å². The van der Waals surface area contributed by atoms with Crippen molar-refractivity contribution in [2.45, 2.75) is 53.6 Å². The Morgan fingerprint density at radius 1 is 1.29 bits per heavy atom. The fourth-order valence-electron chi connectivity index (χ4n) is 2.58. The maximum Gasteiger partial charge on any atom is 0.255 e. The Balaban J connectivity index is 2.89. The molecule has 0 bridgehead atoms. The third kappa shape index (κ3) is 4.14. The van der Waals surface area contributed by atoms with E-state index in [2.05, 4.69) is 15.3 Å². The van der Waals surface area contributed by atoms with Crippen molar-refractivity contribution in [2.75, 3.05) is 13.1 Å². The van der Waals surface area contributed by atoms with Crippen molar-refractivity contribution in [3.63, 3.8) is 0 Å². The smallest absolute Gasteiger partial charge is 0.255 e. The highest BCUT2D eigenvalue weighted by atomic mass is 16.2. The molecule has 1 rings (SSSR count). The summed E-state index contributed by atoms with van der Waals surface area (Å²) in [6.07, 6.45) is 0. The largest absolute Gasteiger partial charge is 0.342 e. The lowest BCUT2D eigenvalue weighted by Crippen LogP contribution is -2.46. The van der Waals surface area contributed by atoms with Gasteiger partial charge in [-0.2, -0.15) is 0 Å². The molecule has 21 heavy (non-hydrogen) atoms. The van der Waals surface area contributed by atoms with Crippen LogP contribution in [0.4, 0.5) is 0 Å². The lowest BCUT2D eigenvalue weighted by atomic mass is 10.1. The molecular formula is C15H26N4O2. The van der Waals surface area contributed by atoms with Crippen LogP contribution in [0.1, 0.15) is 50.8 Å². The normalized spacial score (nSPS) is 13.8. The molecule has 6 heteroatoms. The molecule has 0 aliphatic carbocycles. The Labute approximate surface area is 126 Å². The van der Waals surface area contributed by atoms with E-state index in [1.165, 1.54) is 0 Å². The van der Waals surface area contributed by atoms with Gasteiger partial charge in [-0.15, -0.1) is 0 Å². The summed E-state index contributed by atoms with van der Waals surface area (Å²) in [6, 6.07) is -0.587. The molecule has 1 aromatic heterocycles. The third-order valence-corrected chi connectivity index (χ3v) is 3.64. The van der Waals surface area contributed by atoms with Crippen LogP contribution < -0.4 is 10.9 Å². The number of hydrogen-bond donors (Lipinski definition) is 2. The number of nitrogens with zero attached hydrogens (tertiary/aromatic N) is 2. The van der Waals surface area contributed by atoms with Crippen molar-refractivity contribution >= 4 is 5.91 Å². The second-order valence-electron chi connectivity index (χ2n) is 5.27. The molecule has 1 amide bonds.